The highest BCUT2D eigenvalue weighted by Gasteiger charge is 1.84. The first kappa shape index (κ1) is 5.51. The molecule has 0 aliphatic heterocycles. The number of nitrogens with zero attached hydrogens (tertiary/aromatic N) is 2. The Hall–Kier alpha value is -0.630. The highest BCUT2D eigenvalue weighted by Crippen LogP contribution is 1.97. The maximum Gasteiger partial charge on any atom is 0.222 e. The molecule has 1 aromatic rings. The van der Waals surface area contributed by atoms with E-state index in [1.807, 2.05) is 6.92 Å². The molecule has 1 aromatic heterocycles. The molecule has 0 unspecified atom stereocenters. The second-order valence-corrected chi connectivity index (χ2v) is 1.87. The molecule has 0 N–H and O–H groups in total. The third-order valence-electron chi connectivity index (χ3n) is 0.749. The van der Waals surface area contributed by atoms with Gasteiger partial charge in [0.2, 0.25) is 5.28 Å². The van der Waals surface area contributed by atoms with E-state index >= 15 is 0 Å². The Morgan fingerprint density at radius 3 is 2.25 bits per heavy atom. The molecular formula is C5H5ClN2. The average molecular weight is 129 g/mol. The molecule has 0 atom stereocenters. The molecule has 0 radical (unpaired) electrons. The summed E-state index contributed by atoms with van der Waals surface area (Å²) < 4.78 is 0. The van der Waals surface area contributed by atoms with Gasteiger partial charge in [0, 0.05) is 12.4 Å². The first-order chi connectivity index (χ1) is 3.79. The molecular weight excluding hydrogens is 124 g/mol. The quantitative estimate of drug-likeness (QED) is 0.494. The van der Waals surface area contributed by atoms with Crippen LogP contribution < -0.4 is 0 Å². The molecule has 0 amide bonds. The number of hydrogen-bond acceptors (Lipinski definition) is 2. The summed E-state index contributed by atoms with van der Waals surface area (Å²) in [5.41, 5.74) is 1.02. The highest BCUT2D eigenvalue weighted by molar-refractivity contribution is 6.28. The van der Waals surface area contributed by atoms with E-state index < -0.39 is 0 Å². The SMILES string of the molecule is Cc1cnc(Cl)nc1. The van der Waals surface area contributed by atoms with Crippen molar-refractivity contribution in [1.82, 2.24) is 9.97 Å². The van der Waals surface area contributed by atoms with Gasteiger partial charge in [-0.2, -0.15) is 0 Å². The Balaban J connectivity index is 3.03. The monoisotopic (exact) mass is 128 g/mol. The van der Waals surface area contributed by atoms with Gasteiger partial charge in [0.1, 0.15) is 0 Å². The molecule has 2 nitrogen and oxygen atoms in total. The molecule has 0 aliphatic carbocycles. The summed E-state index contributed by atoms with van der Waals surface area (Å²) in [5, 5.41) is 0.301. The van der Waals surface area contributed by atoms with Crippen molar-refractivity contribution in [1.29, 1.82) is 0 Å². The summed E-state index contributed by atoms with van der Waals surface area (Å²) in [5.74, 6) is 0. The third-order valence-corrected chi connectivity index (χ3v) is 0.945. The molecule has 42 valence electrons. The Bertz CT molecular complexity index is 149. The maximum atomic E-state index is 5.39. The summed E-state index contributed by atoms with van der Waals surface area (Å²) in [6.07, 6.45) is 3.35. The van der Waals surface area contributed by atoms with Crippen LogP contribution in [-0.4, -0.2) is 9.97 Å². The van der Waals surface area contributed by atoms with Crippen molar-refractivity contribution in [2.45, 2.75) is 6.92 Å². The van der Waals surface area contributed by atoms with E-state index in [-0.39, 0.29) is 0 Å². The second-order valence-electron chi connectivity index (χ2n) is 1.53. The maximum absolute atomic E-state index is 5.39. The van der Waals surface area contributed by atoms with Crippen LogP contribution in [0.15, 0.2) is 12.4 Å². The van der Waals surface area contributed by atoms with Crippen LogP contribution in [0.2, 0.25) is 5.28 Å². The molecule has 8 heavy (non-hydrogen) atoms. The van der Waals surface area contributed by atoms with Crippen molar-refractivity contribution >= 4 is 11.6 Å². The summed E-state index contributed by atoms with van der Waals surface area (Å²) in [4.78, 5) is 7.47. The van der Waals surface area contributed by atoms with Crippen molar-refractivity contribution in [3.8, 4) is 0 Å². The van der Waals surface area contributed by atoms with Gasteiger partial charge in [-0.25, -0.2) is 9.97 Å². The fourth-order valence-corrected chi connectivity index (χ4v) is 0.474. The number of halogens is 1. The minimum atomic E-state index is 0.301. The molecule has 0 fully saturated rings. The molecule has 0 aliphatic rings. The van der Waals surface area contributed by atoms with E-state index in [1.165, 1.54) is 0 Å². The number of aromatic nitrogens is 2. The van der Waals surface area contributed by atoms with Gasteiger partial charge >= 0.3 is 0 Å². The first-order valence-electron chi connectivity index (χ1n) is 2.23. The zero-order valence-corrected chi connectivity index (χ0v) is 5.18. The zero-order chi connectivity index (χ0) is 5.98. The largest absolute Gasteiger partial charge is 0.226 e. The number of aryl methyl sites for hydroxylation is 1. The molecule has 0 bridgehead atoms. The summed E-state index contributed by atoms with van der Waals surface area (Å²) in [6, 6.07) is 0. The van der Waals surface area contributed by atoms with Gasteiger partial charge in [0.15, 0.2) is 0 Å². The Morgan fingerprint density at radius 2 is 1.88 bits per heavy atom. The van der Waals surface area contributed by atoms with Gasteiger partial charge in [0.05, 0.1) is 0 Å². The van der Waals surface area contributed by atoms with Gasteiger partial charge in [-0.15, -0.1) is 0 Å². The van der Waals surface area contributed by atoms with E-state index in [0.29, 0.717) is 5.28 Å². The van der Waals surface area contributed by atoms with Crippen molar-refractivity contribution < 1.29 is 0 Å². The standard InChI is InChI=1S/C5H5ClN2/c1-4-2-7-5(6)8-3-4/h2-3H,1H3. The lowest BCUT2D eigenvalue weighted by atomic mass is 10.4. The predicted molar refractivity (Wildman–Crippen MR) is 31.8 cm³/mol. The van der Waals surface area contributed by atoms with E-state index in [9.17, 15) is 0 Å². The van der Waals surface area contributed by atoms with Crippen molar-refractivity contribution in [3.05, 3.63) is 23.2 Å². The third kappa shape index (κ3) is 1.17. The van der Waals surface area contributed by atoms with Crippen molar-refractivity contribution in [3.63, 3.8) is 0 Å². The number of hydrogen-bond donors (Lipinski definition) is 0. The molecule has 1 heterocycles. The lowest BCUT2D eigenvalue weighted by Gasteiger charge is -1.86. The minimum absolute atomic E-state index is 0.301. The van der Waals surface area contributed by atoms with E-state index in [0.717, 1.165) is 5.56 Å². The lowest BCUT2D eigenvalue weighted by Crippen LogP contribution is -1.80. The molecule has 0 saturated carbocycles. The smallest absolute Gasteiger partial charge is 0.222 e. The van der Waals surface area contributed by atoms with Crippen LogP contribution in [-0.2, 0) is 0 Å². The van der Waals surface area contributed by atoms with Crippen LogP contribution in [0.4, 0.5) is 0 Å². The molecule has 3 heteroatoms. The van der Waals surface area contributed by atoms with Gasteiger partial charge in [-0.05, 0) is 24.1 Å². The van der Waals surface area contributed by atoms with Crippen LogP contribution >= 0.6 is 11.6 Å². The first-order valence-corrected chi connectivity index (χ1v) is 2.61. The zero-order valence-electron chi connectivity index (χ0n) is 4.43. The van der Waals surface area contributed by atoms with Crippen LogP contribution in [0, 0.1) is 6.92 Å². The summed E-state index contributed by atoms with van der Waals surface area (Å²) >= 11 is 5.39. The lowest BCUT2D eigenvalue weighted by molar-refractivity contribution is 1.13. The molecule has 0 saturated heterocycles. The van der Waals surface area contributed by atoms with E-state index in [4.69, 9.17) is 11.6 Å². The van der Waals surface area contributed by atoms with E-state index in [2.05, 4.69) is 9.97 Å². The fourth-order valence-electron chi connectivity index (χ4n) is 0.377. The Kier molecular flexibility index (Phi) is 1.44. The van der Waals surface area contributed by atoms with Crippen molar-refractivity contribution in [2.24, 2.45) is 0 Å². The van der Waals surface area contributed by atoms with Gasteiger partial charge in [0.25, 0.3) is 0 Å². The summed E-state index contributed by atoms with van der Waals surface area (Å²) in [6.45, 7) is 1.91. The van der Waals surface area contributed by atoms with Gasteiger partial charge in [-0.3, -0.25) is 0 Å². The Morgan fingerprint density at radius 1 is 1.38 bits per heavy atom. The van der Waals surface area contributed by atoms with Gasteiger partial charge in [-0.1, -0.05) is 0 Å². The van der Waals surface area contributed by atoms with Crippen molar-refractivity contribution in [2.75, 3.05) is 0 Å². The predicted octanol–water partition coefficient (Wildman–Crippen LogP) is 1.44. The van der Waals surface area contributed by atoms with E-state index in [1.54, 1.807) is 12.4 Å². The highest BCUT2D eigenvalue weighted by atomic mass is 35.5. The van der Waals surface area contributed by atoms with Crippen LogP contribution in [0.25, 0.3) is 0 Å². The molecule has 0 spiro atoms. The minimum Gasteiger partial charge on any atom is -0.226 e. The topological polar surface area (TPSA) is 25.8 Å². The summed E-state index contributed by atoms with van der Waals surface area (Å²) in [7, 11) is 0. The molecule has 0 aromatic carbocycles. The normalized spacial score (nSPS) is 9.25. The second kappa shape index (κ2) is 2.09. The van der Waals surface area contributed by atoms with Gasteiger partial charge < -0.3 is 0 Å². The Labute approximate surface area is 52.5 Å². The van der Waals surface area contributed by atoms with Crippen LogP contribution in [0.3, 0.4) is 0 Å². The van der Waals surface area contributed by atoms with Crippen LogP contribution in [0.5, 0.6) is 0 Å². The fraction of sp³-hybridized carbons (Fsp3) is 0.200. The average Bonchev–Trinajstić information content (AvgIpc) is 1.77. The van der Waals surface area contributed by atoms with Crippen LogP contribution in [0.1, 0.15) is 5.56 Å². The number of rotatable bonds is 0. The molecule has 1 rings (SSSR count).